The lowest BCUT2D eigenvalue weighted by Crippen LogP contribution is -2.41. The van der Waals surface area contributed by atoms with Crippen molar-refractivity contribution in [2.24, 2.45) is 5.92 Å². The summed E-state index contributed by atoms with van der Waals surface area (Å²) in [6, 6.07) is 2.04. The number of carbonyl (C=O) groups is 2. The van der Waals surface area contributed by atoms with E-state index in [1.165, 1.54) is 6.42 Å². The van der Waals surface area contributed by atoms with Crippen LogP contribution in [-0.2, 0) is 14.3 Å². The summed E-state index contributed by atoms with van der Waals surface area (Å²) < 4.78 is 5.03. The number of esters is 1. The van der Waals surface area contributed by atoms with Crippen molar-refractivity contribution in [2.75, 3.05) is 32.8 Å². The summed E-state index contributed by atoms with van der Waals surface area (Å²) in [4.78, 5) is 28.0. The molecule has 0 N–H and O–H groups in total. The van der Waals surface area contributed by atoms with Gasteiger partial charge < -0.3 is 14.5 Å². The Morgan fingerprint density at radius 2 is 1.83 bits per heavy atom. The van der Waals surface area contributed by atoms with Crippen LogP contribution < -0.4 is 0 Å². The smallest absolute Gasteiger partial charge is 0.309 e. The summed E-state index contributed by atoms with van der Waals surface area (Å²) in [7, 11) is 0. The van der Waals surface area contributed by atoms with Gasteiger partial charge in [0, 0.05) is 32.4 Å². The van der Waals surface area contributed by atoms with Crippen LogP contribution in [0.3, 0.4) is 0 Å². The number of hydrogen-bond donors (Lipinski definition) is 0. The normalized spacial score (nSPS) is 20.1. The zero-order valence-electron chi connectivity index (χ0n) is 13.8. The van der Waals surface area contributed by atoms with Crippen molar-refractivity contribution in [3.05, 3.63) is 11.8 Å². The number of likely N-dealkylation sites (tertiary alicyclic amines) is 2. The predicted octanol–water partition coefficient (Wildman–Crippen LogP) is 1.68. The maximum absolute atomic E-state index is 12.5. The summed E-state index contributed by atoms with van der Waals surface area (Å²) in [5.41, 5.74) is 0.196. The standard InChI is InChI=1S/C17H25N3O3/c1-2-23-17(22)14-6-10-20(11-7-14)16(21)15(12-18)13-19-8-4-3-5-9-19/h13-14H,2-11H2,1H3/b15-13-. The lowest BCUT2D eigenvalue weighted by molar-refractivity contribution is -0.150. The molecule has 2 saturated heterocycles. The molecule has 0 aliphatic carbocycles. The van der Waals surface area contributed by atoms with Gasteiger partial charge in [0.2, 0.25) is 0 Å². The Labute approximate surface area is 137 Å². The molecule has 0 aromatic heterocycles. The highest BCUT2D eigenvalue weighted by Gasteiger charge is 2.29. The van der Waals surface area contributed by atoms with E-state index in [-0.39, 0.29) is 23.4 Å². The lowest BCUT2D eigenvalue weighted by atomic mass is 9.96. The number of ether oxygens (including phenoxy) is 1. The van der Waals surface area contributed by atoms with Gasteiger partial charge in [0.15, 0.2) is 0 Å². The Morgan fingerprint density at radius 1 is 1.17 bits per heavy atom. The minimum absolute atomic E-state index is 0.129. The Kier molecular flexibility index (Phi) is 6.45. The van der Waals surface area contributed by atoms with Crippen molar-refractivity contribution in [3.8, 4) is 6.07 Å². The zero-order chi connectivity index (χ0) is 16.7. The van der Waals surface area contributed by atoms with Crippen molar-refractivity contribution in [1.29, 1.82) is 5.26 Å². The maximum atomic E-state index is 12.5. The van der Waals surface area contributed by atoms with E-state index >= 15 is 0 Å². The highest BCUT2D eigenvalue weighted by molar-refractivity contribution is 5.97. The van der Waals surface area contributed by atoms with Crippen molar-refractivity contribution in [2.45, 2.75) is 39.0 Å². The molecule has 2 fully saturated rings. The van der Waals surface area contributed by atoms with Gasteiger partial charge in [-0.25, -0.2) is 0 Å². The van der Waals surface area contributed by atoms with E-state index in [0.717, 1.165) is 25.9 Å². The average Bonchev–Trinajstić information content (AvgIpc) is 2.60. The van der Waals surface area contributed by atoms with Gasteiger partial charge in [0.1, 0.15) is 11.6 Å². The molecule has 0 aromatic rings. The van der Waals surface area contributed by atoms with E-state index in [2.05, 4.69) is 4.90 Å². The summed E-state index contributed by atoms with van der Waals surface area (Å²) in [6.45, 7) is 4.99. The molecule has 2 rings (SSSR count). The van der Waals surface area contributed by atoms with Gasteiger partial charge in [-0.2, -0.15) is 5.26 Å². The van der Waals surface area contributed by atoms with Crippen molar-refractivity contribution >= 4 is 11.9 Å². The molecule has 1 amide bonds. The van der Waals surface area contributed by atoms with Crippen LogP contribution in [0.1, 0.15) is 39.0 Å². The monoisotopic (exact) mass is 319 g/mol. The van der Waals surface area contributed by atoms with E-state index in [1.807, 2.05) is 6.07 Å². The van der Waals surface area contributed by atoms with E-state index in [1.54, 1.807) is 18.0 Å². The summed E-state index contributed by atoms with van der Waals surface area (Å²) in [5, 5.41) is 9.30. The number of piperidine rings is 2. The molecule has 0 unspecified atom stereocenters. The molecule has 126 valence electrons. The highest BCUT2D eigenvalue weighted by Crippen LogP contribution is 2.20. The molecular weight excluding hydrogens is 294 g/mol. The van der Waals surface area contributed by atoms with Crippen LogP contribution >= 0.6 is 0 Å². The van der Waals surface area contributed by atoms with Crippen molar-refractivity contribution in [3.63, 3.8) is 0 Å². The third-order valence-corrected chi connectivity index (χ3v) is 4.46. The first-order chi connectivity index (χ1) is 11.2. The summed E-state index contributed by atoms with van der Waals surface area (Å²) in [6.07, 6.45) is 6.34. The largest absolute Gasteiger partial charge is 0.466 e. The van der Waals surface area contributed by atoms with Gasteiger partial charge in [-0.3, -0.25) is 9.59 Å². The van der Waals surface area contributed by atoms with Crippen LogP contribution in [0.25, 0.3) is 0 Å². The van der Waals surface area contributed by atoms with Crippen LogP contribution in [-0.4, -0.2) is 54.5 Å². The number of amides is 1. The van der Waals surface area contributed by atoms with E-state index in [0.29, 0.717) is 32.5 Å². The fraction of sp³-hybridized carbons (Fsp3) is 0.706. The Morgan fingerprint density at radius 3 is 2.39 bits per heavy atom. The molecule has 2 aliphatic rings. The second kappa shape index (κ2) is 8.56. The van der Waals surface area contributed by atoms with Crippen LogP contribution in [0.2, 0.25) is 0 Å². The molecule has 6 heteroatoms. The lowest BCUT2D eigenvalue weighted by Gasteiger charge is -2.31. The molecule has 2 aliphatic heterocycles. The number of nitrogens with zero attached hydrogens (tertiary/aromatic N) is 3. The quantitative estimate of drug-likeness (QED) is 0.448. The second-order valence-corrected chi connectivity index (χ2v) is 6.07. The van der Waals surface area contributed by atoms with Crippen molar-refractivity contribution in [1.82, 2.24) is 9.80 Å². The van der Waals surface area contributed by atoms with Crippen LogP contribution in [0, 0.1) is 17.2 Å². The maximum Gasteiger partial charge on any atom is 0.309 e. The van der Waals surface area contributed by atoms with Gasteiger partial charge in [-0.15, -0.1) is 0 Å². The highest BCUT2D eigenvalue weighted by atomic mass is 16.5. The minimum Gasteiger partial charge on any atom is -0.466 e. The van der Waals surface area contributed by atoms with Gasteiger partial charge in [-0.05, 0) is 39.0 Å². The zero-order valence-corrected chi connectivity index (χ0v) is 13.8. The molecule has 0 saturated carbocycles. The van der Waals surface area contributed by atoms with Crippen LogP contribution in [0.15, 0.2) is 11.8 Å². The summed E-state index contributed by atoms with van der Waals surface area (Å²) >= 11 is 0. The molecule has 6 nitrogen and oxygen atoms in total. The fourth-order valence-electron chi connectivity index (χ4n) is 3.11. The number of nitriles is 1. The molecule has 23 heavy (non-hydrogen) atoms. The van der Waals surface area contributed by atoms with Gasteiger partial charge in [-0.1, -0.05) is 0 Å². The van der Waals surface area contributed by atoms with Gasteiger partial charge >= 0.3 is 5.97 Å². The molecule has 0 radical (unpaired) electrons. The third-order valence-electron chi connectivity index (χ3n) is 4.46. The fourth-order valence-corrected chi connectivity index (χ4v) is 3.11. The Bertz CT molecular complexity index is 496. The number of hydrogen-bond acceptors (Lipinski definition) is 5. The Balaban J connectivity index is 1.91. The second-order valence-electron chi connectivity index (χ2n) is 6.07. The molecular formula is C17H25N3O3. The van der Waals surface area contributed by atoms with Gasteiger partial charge in [0.25, 0.3) is 5.91 Å². The van der Waals surface area contributed by atoms with E-state index in [9.17, 15) is 14.9 Å². The first kappa shape index (κ1) is 17.3. The SMILES string of the molecule is CCOC(=O)C1CCN(C(=O)/C(C#N)=C\N2CCCCC2)CC1. The van der Waals surface area contributed by atoms with E-state index in [4.69, 9.17) is 4.74 Å². The molecule has 0 atom stereocenters. The predicted molar refractivity (Wildman–Crippen MR) is 85.1 cm³/mol. The molecule has 0 aromatic carbocycles. The van der Waals surface area contributed by atoms with E-state index < -0.39 is 0 Å². The van der Waals surface area contributed by atoms with Crippen LogP contribution in [0.4, 0.5) is 0 Å². The first-order valence-corrected chi connectivity index (χ1v) is 8.47. The Hall–Kier alpha value is -2.03. The minimum atomic E-state index is -0.222. The third kappa shape index (κ3) is 4.72. The van der Waals surface area contributed by atoms with Crippen LogP contribution in [0.5, 0.6) is 0 Å². The topological polar surface area (TPSA) is 73.6 Å². The average molecular weight is 319 g/mol. The first-order valence-electron chi connectivity index (χ1n) is 8.47. The van der Waals surface area contributed by atoms with Gasteiger partial charge in [0.05, 0.1) is 12.5 Å². The number of carbonyl (C=O) groups excluding carboxylic acids is 2. The summed E-state index contributed by atoms with van der Waals surface area (Å²) in [5.74, 6) is -0.528. The molecule has 0 bridgehead atoms. The number of rotatable bonds is 4. The molecule has 0 spiro atoms. The van der Waals surface area contributed by atoms with Crippen molar-refractivity contribution < 1.29 is 14.3 Å². The molecule has 2 heterocycles.